The Hall–Kier alpha value is -2.36. The van der Waals surface area contributed by atoms with E-state index in [1.165, 1.54) is 6.07 Å². The molecule has 0 saturated heterocycles. The average molecular weight is 500 g/mol. The topological polar surface area (TPSA) is 88.7 Å². The van der Waals surface area contributed by atoms with Crippen LogP contribution in [0.4, 0.5) is 4.39 Å². The molecule has 2 aromatic carbocycles. The van der Waals surface area contributed by atoms with E-state index in [9.17, 15) is 9.18 Å². The number of nitrogens with two attached hydrogens (primary N) is 1. The fourth-order valence-corrected chi connectivity index (χ4v) is 2.40. The Bertz CT molecular complexity index is 815. The predicted molar refractivity (Wildman–Crippen MR) is 119 cm³/mol. The van der Waals surface area contributed by atoms with Gasteiger partial charge in [-0.25, -0.2) is 9.38 Å². The van der Waals surface area contributed by atoms with Crippen LogP contribution in [0.1, 0.15) is 23.6 Å². The third-order valence-electron chi connectivity index (χ3n) is 3.73. The largest absolute Gasteiger partial charge is 0.484 e. The molecular weight excluding hydrogens is 474 g/mol. The van der Waals surface area contributed by atoms with Crippen LogP contribution in [0.15, 0.2) is 47.5 Å². The number of carbonyl (C=O) groups is 1. The van der Waals surface area contributed by atoms with Crippen LogP contribution in [0, 0.1) is 12.7 Å². The molecule has 1 amide bonds. The number of ether oxygens (including phenoxy) is 1. The van der Waals surface area contributed by atoms with Crippen molar-refractivity contribution in [3.8, 4) is 5.75 Å². The molecular formula is C20H26FIN4O2. The summed E-state index contributed by atoms with van der Waals surface area (Å²) in [5.41, 5.74) is 7.61. The van der Waals surface area contributed by atoms with Crippen molar-refractivity contribution in [2.45, 2.75) is 26.9 Å². The highest BCUT2D eigenvalue weighted by atomic mass is 127. The SMILES string of the molecule is CCNC(=NCc1cccc(OCC(N)=O)c1)NCc1ccc(F)c(C)c1.I. The minimum atomic E-state index is -0.520. The number of aliphatic imine (C=N–C) groups is 1. The smallest absolute Gasteiger partial charge is 0.255 e. The second-order valence-electron chi connectivity index (χ2n) is 6.03. The van der Waals surface area contributed by atoms with Crippen molar-refractivity contribution in [3.63, 3.8) is 0 Å². The Kier molecular flexibility index (Phi) is 10.3. The van der Waals surface area contributed by atoms with Crippen LogP contribution in [0.2, 0.25) is 0 Å². The maximum atomic E-state index is 13.4. The Morgan fingerprint density at radius 2 is 1.96 bits per heavy atom. The summed E-state index contributed by atoms with van der Waals surface area (Å²) in [5.74, 6) is 0.495. The van der Waals surface area contributed by atoms with Crippen LogP contribution >= 0.6 is 24.0 Å². The molecule has 0 spiro atoms. The first-order valence-corrected chi connectivity index (χ1v) is 8.75. The summed E-state index contributed by atoms with van der Waals surface area (Å²) in [6, 6.07) is 12.4. The van der Waals surface area contributed by atoms with Crippen molar-refractivity contribution in [1.29, 1.82) is 0 Å². The van der Waals surface area contributed by atoms with E-state index < -0.39 is 5.91 Å². The normalized spacial score (nSPS) is 10.8. The van der Waals surface area contributed by atoms with Gasteiger partial charge in [-0.05, 0) is 48.7 Å². The zero-order valence-electron chi connectivity index (χ0n) is 16.0. The van der Waals surface area contributed by atoms with Crippen LogP contribution in [0.5, 0.6) is 5.75 Å². The first-order chi connectivity index (χ1) is 13.0. The molecule has 0 atom stereocenters. The second-order valence-corrected chi connectivity index (χ2v) is 6.03. The van der Waals surface area contributed by atoms with E-state index in [4.69, 9.17) is 10.5 Å². The summed E-state index contributed by atoms with van der Waals surface area (Å²) in [7, 11) is 0. The average Bonchev–Trinajstić information content (AvgIpc) is 2.65. The number of nitrogens with one attached hydrogen (secondary N) is 2. The summed E-state index contributed by atoms with van der Waals surface area (Å²) >= 11 is 0. The van der Waals surface area contributed by atoms with E-state index >= 15 is 0 Å². The molecule has 0 unspecified atom stereocenters. The molecule has 0 aromatic heterocycles. The van der Waals surface area contributed by atoms with Gasteiger partial charge in [0.1, 0.15) is 11.6 Å². The van der Waals surface area contributed by atoms with E-state index in [-0.39, 0.29) is 36.4 Å². The maximum absolute atomic E-state index is 13.4. The number of aryl methyl sites for hydroxylation is 1. The molecule has 8 heteroatoms. The molecule has 0 bridgehead atoms. The molecule has 2 rings (SSSR count). The first-order valence-electron chi connectivity index (χ1n) is 8.75. The molecule has 4 N–H and O–H groups in total. The van der Waals surface area contributed by atoms with Gasteiger partial charge in [0.15, 0.2) is 12.6 Å². The van der Waals surface area contributed by atoms with Crippen molar-refractivity contribution < 1.29 is 13.9 Å². The van der Waals surface area contributed by atoms with Crippen LogP contribution < -0.4 is 21.1 Å². The third-order valence-corrected chi connectivity index (χ3v) is 3.73. The maximum Gasteiger partial charge on any atom is 0.255 e. The quantitative estimate of drug-likeness (QED) is 0.296. The Morgan fingerprint density at radius 3 is 2.64 bits per heavy atom. The van der Waals surface area contributed by atoms with E-state index in [0.717, 1.165) is 17.7 Å². The van der Waals surface area contributed by atoms with Gasteiger partial charge >= 0.3 is 0 Å². The zero-order chi connectivity index (χ0) is 19.6. The van der Waals surface area contributed by atoms with Gasteiger partial charge in [0, 0.05) is 13.1 Å². The lowest BCUT2D eigenvalue weighted by atomic mass is 10.1. The lowest BCUT2D eigenvalue weighted by Crippen LogP contribution is -2.36. The zero-order valence-corrected chi connectivity index (χ0v) is 18.3. The van der Waals surface area contributed by atoms with E-state index in [0.29, 0.717) is 30.4 Å². The Labute approximate surface area is 181 Å². The molecule has 0 radical (unpaired) electrons. The number of carbonyl (C=O) groups excluding carboxylic acids is 1. The highest BCUT2D eigenvalue weighted by molar-refractivity contribution is 14.0. The van der Waals surface area contributed by atoms with Gasteiger partial charge in [-0.3, -0.25) is 4.79 Å². The second kappa shape index (κ2) is 12.2. The number of amides is 1. The molecule has 0 aliphatic rings. The van der Waals surface area contributed by atoms with Crippen LogP contribution in [0.25, 0.3) is 0 Å². The number of nitrogens with zero attached hydrogens (tertiary/aromatic N) is 1. The summed E-state index contributed by atoms with van der Waals surface area (Å²) < 4.78 is 18.7. The van der Waals surface area contributed by atoms with Crippen LogP contribution in [0.3, 0.4) is 0 Å². The minimum absolute atomic E-state index is 0. The molecule has 0 aliphatic carbocycles. The number of rotatable bonds is 8. The summed E-state index contributed by atoms with van der Waals surface area (Å²) in [5, 5.41) is 6.41. The monoisotopic (exact) mass is 500 g/mol. The lowest BCUT2D eigenvalue weighted by molar-refractivity contribution is -0.119. The van der Waals surface area contributed by atoms with Gasteiger partial charge in [-0.15, -0.1) is 24.0 Å². The van der Waals surface area contributed by atoms with E-state index in [1.807, 2.05) is 31.2 Å². The molecule has 28 heavy (non-hydrogen) atoms. The highest BCUT2D eigenvalue weighted by Gasteiger charge is 2.03. The highest BCUT2D eigenvalue weighted by Crippen LogP contribution is 2.14. The van der Waals surface area contributed by atoms with Crippen molar-refractivity contribution in [2.24, 2.45) is 10.7 Å². The molecule has 0 saturated carbocycles. The van der Waals surface area contributed by atoms with Gasteiger partial charge in [0.05, 0.1) is 6.54 Å². The number of hydrogen-bond acceptors (Lipinski definition) is 3. The number of guanidine groups is 1. The van der Waals surface area contributed by atoms with Crippen LogP contribution in [-0.4, -0.2) is 25.0 Å². The molecule has 0 fully saturated rings. The molecule has 152 valence electrons. The summed E-state index contributed by atoms with van der Waals surface area (Å²) in [6.45, 7) is 5.26. The number of hydrogen-bond donors (Lipinski definition) is 3. The van der Waals surface area contributed by atoms with Crippen molar-refractivity contribution >= 4 is 35.8 Å². The standard InChI is InChI=1S/C20H25FN4O2.HI/c1-3-23-20(25-12-16-7-8-18(21)14(2)9-16)24-11-15-5-4-6-17(10-15)27-13-19(22)26;/h4-10H,3,11-13H2,1-2H3,(H2,22,26)(H2,23,24,25);1H. The van der Waals surface area contributed by atoms with Gasteiger partial charge in [-0.1, -0.05) is 24.3 Å². The number of benzene rings is 2. The van der Waals surface area contributed by atoms with E-state index in [2.05, 4.69) is 15.6 Å². The first kappa shape index (κ1) is 23.7. The third kappa shape index (κ3) is 8.12. The summed E-state index contributed by atoms with van der Waals surface area (Å²) in [6.07, 6.45) is 0. The summed E-state index contributed by atoms with van der Waals surface area (Å²) in [4.78, 5) is 15.4. The minimum Gasteiger partial charge on any atom is -0.484 e. The number of primary amides is 1. The van der Waals surface area contributed by atoms with Gasteiger partial charge in [-0.2, -0.15) is 0 Å². The Balaban J connectivity index is 0.00000392. The van der Waals surface area contributed by atoms with Crippen molar-refractivity contribution in [2.75, 3.05) is 13.2 Å². The molecule has 0 heterocycles. The fraction of sp³-hybridized carbons (Fsp3) is 0.300. The van der Waals surface area contributed by atoms with E-state index in [1.54, 1.807) is 19.1 Å². The molecule has 0 aliphatic heterocycles. The van der Waals surface area contributed by atoms with Gasteiger partial charge in [0.25, 0.3) is 5.91 Å². The van der Waals surface area contributed by atoms with Gasteiger partial charge < -0.3 is 21.1 Å². The predicted octanol–water partition coefficient (Wildman–Crippen LogP) is 2.87. The van der Waals surface area contributed by atoms with Gasteiger partial charge in [0.2, 0.25) is 0 Å². The fourth-order valence-electron chi connectivity index (χ4n) is 2.40. The molecule has 6 nitrogen and oxygen atoms in total. The van der Waals surface area contributed by atoms with Crippen LogP contribution in [-0.2, 0) is 17.9 Å². The van der Waals surface area contributed by atoms with Crippen molar-refractivity contribution in [1.82, 2.24) is 10.6 Å². The van der Waals surface area contributed by atoms with Crippen molar-refractivity contribution in [3.05, 3.63) is 65.0 Å². The number of halogens is 2. The molecule has 2 aromatic rings. The lowest BCUT2D eigenvalue weighted by Gasteiger charge is -2.12. The Morgan fingerprint density at radius 1 is 1.18 bits per heavy atom.